The molecule has 4 heterocycles. The van der Waals surface area contributed by atoms with Crippen molar-refractivity contribution in [2.24, 2.45) is 5.92 Å². The van der Waals surface area contributed by atoms with Gasteiger partial charge in [0.25, 0.3) is 5.91 Å². The summed E-state index contributed by atoms with van der Waals surface area (Å²) in [4.78, 5) is 24.4. The monoisotopic (exact) mass is 376 g/mol. The molecule has 0 N–H and O–H groups in total. The molecular weight excluding hydrogens is 352 g/mol. The van der Waals surface area contributed by atoms with E-state index in [1.54, 1.807) is 0 Å². The Morgan fingerprint density at radius 2 is 2.04 bits per heavy atom. The third kappa shape index (κ3) is 3.66. The quantitative estimate of drug-likeness (QED) is 0.816. The molecule has 8 heteroatoms. The van der Waals surface area contributed by atoms with Crippen LogP contribution < -0.4 is 0 Å². The zero-order valence-electron chi connectivity index (χ0n) is 15.2. The molecule has 2 saturated heterocycles. The average Bonchev–Trinajstić information content (AvgIpc) is 3.36. The molecule has 4 rings (SSSR count). The van der Waals surface area contributed by atoms with Gasteiger partial charge in [-0.3, -0.25) is 4.79 Å². The Balaban J connectivity index is 1.35. The number of aryl methyl sites for hydroxylation is 2. The lowest BCUT2D eigenvalue weighted by Crippen LogP contribution is -2.28. The van der Waals surface area contributed by atoms with Gasteiger partial charge in [0.1, 0.15) is 4.88 Å². The molecule has 2 aromatic rings. The molecule has 2 aliphatic heterocycles. The number of carbonyl (C=O) groups is 1. The number of hydrogen-bond acceptors (Lipinski definition) is 7. The summed E-state index contributed by atoms with van der Waals surface area (Å²) < 4.78 is 10.9. The molecule has 2 fully saturated rings. The first-order chi connectivity index (χ1) is 12.6. The lowest BCUT2D eigenvalue weighted by atomic mass is 10.0. The summed E-state index contributed by atoms with van der Waals surface area (Å²) in [7, 11) is 0. The minimum absolute atomic E-state index is 0.103. The molecule has 1 amide bonds. The molecule has 1 atom stereocenters. The summed E-state index contributed by atoms with van der Waals surface area (Å²) in [5, 5.41) is 5.10. The molecule has 0 saturated carbocycles. The number of aromatic nitrogens is 3. The molecule has 2 aliphatic rings. The van der Waals surface area contributed by atoms with Gasteiger partial charge in [0.15, 0.2) is 5.82 Å². The number of thiazole rings is 1. The second-order valence-corrected chi connectivity index (χ2v) is 8.40. The molecule has 0 radical (unpaired) electrons. The lowest BCUT2D eigenvalue weighted by Gasteiger charge is -2.18. The van der Waals surface area contributed by atoms with Crippen LogP contribution in [-0.4, -0.2) is 52.2 Å². The number of ether oxygens (including phenoxy) is 1. The summed E-state index contributed by atoms with van der Waals surface area (Å²) in [6, 6.07) is 0. The van der Waals surface area contributed by atoms with Gasteiger partial charge >= 0.3 is 0 Å². The highest BCUT2D eigenvalue weighted by molar-refractivity contribution is 7.13. The molecule has 140 valence electrons. The Morgan fingerprint density at radius 3 is 2.77 bits per heavy atom. The van der Waals surface area contributed by atoms with Crippen molar-refractivity contribution in [2.75, 3.05) is 26.3 Å². The first-order valence-electron chi connectivity index (χ1n) is 9.23. The van der Waals surface area contributed by atoms with Crippen LogP contribution in [0.3, 0.4) is 0 Å². The lowest BCUT2D eigenvalue weighted by molar-refractivity contribution is 0.0778. The highest BCUT2D eigenvalue weighted by Gasteiger charge is 2.30. The van der Waals surface area contributed by atoms with E-state index in [1.807, 2.05) is 18.7 Å². The molecule has 7 nitrogen and oxygen atoms in total. The molecule has 0 aliphatic carbocycles. The first-order valence-corrected chi connectivity index (χ1v) is 10.1. The molecule has 2 aromatic heterocycles. The molecular formula is C18H24N4O3S. The Morgan fingerprint density at radius 1 is 1.23 bits per heavy atom. The number of hydrogen-bond donors (Lipinski definition) is 0. The number of likely N-dealkylation sites (tertiary alicyclic amines) is 1. The highest BCUT2D eigenvalue weighted by Crippen LogP contribution is 2.28. The van der Waals surface area contributed by atoms with Crippen LogP contribution in [0.5, 0.6) is 0 Å². The summed E-state index contributed by atoms with van der Waals surface area (Å²) >= 11 is 1.48. The number of rotatable bonds is 4. The Bertz CT molecular complexity index is 781. The van der Waals surface area contributed by atoms with Gasteiger partial charge in [0, 0.05) is 38.6 Å². The van der Waals surface area contributed by atoms with E-state index in [2.05, 4.69) is 15.1 Å². The van der Waals surface area contributed by atoms with Gasteiger partial charge in [-0.2, -0.15) is 4.98 Å². The summed E-state index contributed by atoms with van der Waals surface area (Å²) in [6.45, 7) is 6.90. The third-order valence-corrected chi connectivity index (χ3v) is 6.26. The van der Waals surface area contributed by atoms with E-state index >= 15 is 0 Å². The minimum Gasteiger partial charge on any atom is -0.381 e. The van der Waals surface area contributed by atoms with Crippen LogP contribution in [-0.2, 0) is 11.2 Å². The topological polar surface area (TPSA) is 81.4 Å². The van der Waals surface area contributed by atoms with Gasteiger partial charge in [0.05, 0.1) is 10.7 Å². The van der Waals surface area contributed by atoms with E-state index in [0.29, 0.717) is 11.8 Å². The fourth-order valence-electron chi connectivity index (χ4n) is 3.78. The Kier molecular flexibility index (Phi) is 5.04. The van der Waals surface area contributed by atoms with Crippen LogP contribution >= 0.6 is 11.3 Å². The smallest absolute Gasteiger partial charge is 0.265 e. The highest BCUT2D eigenvalue weighted by atomic mass is 32.1. The molecule has 1 unspecified atom stereocenters. The van der Waals surface area contributed by atoms with E-state index in [1.165, 1.54) is 11.3 Å². The third-order valence-electron chi connectivity index (χ3n) is 5.20. The van der Waals surface area contributed by atoms with Crippen LogP contribution in [0.4, 0.5) is 0 Å². The van der Waals surface area contributed by atoms with E-state index < -0.39 is 0 Å². The fraction of sp³-hybridized carbons (Fsp3) is 0.667. The van der Waals surface area contributed by atoms with Crippen molar-refractivity contribution in [1.82, 2.24) is 20.0 Å². The van der Waals surface area contributed by atoms with Gasteiger partial charge in [0.2, 0.25) is 5.89 Å². The van der Waals surface area contributed by atoms with Crippen molar-refractivity contribution in [3.8, 4) is 0 Å². The zero-order valence-corrected chi connectivity index (χ0v) is 16.0. The van der Waals surface area contributed by atoms with E-state index in [4.69, 9.17) is 9.26 Å². The van der Waals surface area contributed by atoms with Gasteiger partial charge in [-0.25, -0.2) is 4.98 Å². The van der Waals surface area contributed by atoms with Crippen LogP contribution in [0.25, 0.3) is 0 Å². The van der Waals surface area contributed by atoms with Crippen molar-refractivity contribution in [3.63, 3.8) is 0 Å². The number of carbonyl (C=O) groups excluding carboxylic acids is 1. The van der Waals surface area contributed by atoms with Crippen molar-refractivity contribution < 1.29 is 14.1 Å². The number of nitrogens with zero attached hydrogens (tertiary/aromatic N) is 4. The van der Waals surface area contributed by atoms with Crippen LogP contribution in [0, 0.1) is 19.8 Å². The van der Waals surface area contributed by atoms with Crippen LogP contribution in [0.2, 0.25) is 0 Å². The van der Waals surface area contributed by atoms with E-state index in [-0.39, 0.29) is 5.91 Å². The molecule has 0 spiro atoms. The Labute approximate surface area is 156 Å². The van der Waals surface area contributed by atoms with Crippen LogP contribution in [0.15, 0.2) is 4.52 Å². The minimum atomic E-state index is 0.103. The van der Waals surface area contributed by atoms with Gasteiger partial charge in [-0.05, 0) is 39.0 Å². The largest absolute Gasteiger partial charge is 0.381 e. The predicted octanol–water partition coefficient (Wildman–Crippen LogP) is 2.74. The molecule has 0 aromatic carbocycles. The number of amides is 1. The van der Waals surface area contributed by atoms with E-state index in [0.717, 1.165) is 79.3 Å². The second kappa shape index (κ2) is 7.44. The fourth-order valence-corrected chi connectivity index (χ4v) is 4.66. The van der Waals surface area contributed by atoms with Crippen LogP contribution in [0.1, 0.15) is 57.3 Å². The summed E-state index contributed by atoms with van der Waals surface area (Å²) in [5.74, 6) is 2.31. The van der Waals surface area contributed by atoms with Crippen molar-refractivity contribution >= 4 is 17.2 Å². The molecule has 26 heavy (non-hydrogen) atoms. The first kappa shape index (κ1) is 17.6. The normalized spacial score (nSPS) is 21.5. The van der Waals surface area contributed by atoms with Gasteiger partial charge in [-0.15, -0.1) is 11.3 Å². The maximum Gasteiger partial charge on any atom is 0.265 e. The van der Waals surface area contributed by atoms with Gasteiger partial charge < -0.3 is 14.2 Å². The predicted molar refractivity (Wildman–Crippen MR) is 96.4 cm³/mol. The van der Waals surface area contributed by atoms with Crippen molar-refractivity contribution in [3.05, 3.63) is 27.3 Å². The maximum atomic E-state index is 12.7. The average molecular weight is 376 g/mol. The second-order valence-electron chi connectivity index (χ2n) is 7.19. The van der Waals surface area contributed by atoms with E-state index in [9.17, 15) is 4.79 Å². The van der Waals surface area contributed by atoms with Crippen molar-refractivity contribution in [1.29, 1.82) is 0 Å². The summed E-state index contributed by atoms with van der Waals surface area (Å²) in [5.41, 5.74) is 0.834. The standard InChI is InChI=1S/C18H24N4O3S/c1-11-16(26-12(2)19-11)18(23)22-6-3-13(10-22)9-15-20-17(25-21-15)14-4-7-24-8-5-14/h13-14H,3-10H2,1-2H3. The molecule has 0 bridgehead atoms. The Hall–Kier alpha value is -1.80. The van der Waals surface area contributed by atoms with Crippen molar-refractivity contribution in [2.45, 2.75) is 45.4 Å². The SMILES string of the molecule is Cc1nc(C)c(C(=O)N2CCC(Cc3noc(C4CCOCC4)n3)C2)s1. The maximum absolute atomic E-state index is 12.7. The zero-order chi connectivity index (χ0) is 18.1. The summed E-state index contributed by atoms with van der Waals surface area (Å²) in [6.07, 6.45) is 3.63. The van der Waals surface area contributed by atoms with Gasteiger partial charge in [-0.1, -0.05) is 5.16 Å².